The Hall–Kier alpha value is -2.00. The van der Waals surface area contributed by atoms with Gasteiger partial charge in [0.05, 0.1) is 5.54 Å². The Morgan fingerprint density at radius 3 is 2.82 bits per heavy atom. The maximum atomic E-state index is 8.77. The third-order valence-electron chi connectivity index (χ3n) is 2.16. The Kier molecular flexibility index (Phi) is 3.02. The molecule has 0 aromatic carbocycles. The van der Waals surface area contributed by atoms with E-state index in [1.54, 1.807) is 29.8 Å². The van der Waals surface area contributed by atoms with E-state index in [-0.39, 0.29) is 5.54 Å². The van der Waals surface area contributed by atoms with Crippen LogP contribution in [0, 0.1) is 11.3 Å². The molecule has 6 heteroatoms. The number of nitriles is 1. The van der Waals surface area contributed by atoms with Crippen LogP contribution in [0.1, 0.15) is 24.5 Å². The van der Waals surface area contributed by atoms with Gasteiger partial charge in [-0.25, -0.2) is 15.0 Å². The van der Waals surface area contributed by atoms with Crippen molar-refractivity contribution in [1.82, 2.24) is 15.0 Å². The minimum atomic E-state index is -0.359. The predicted octanol–water partition coefficient (Wildman–Crippen LogP) is 2.15. The standard InChI is InChI=1S/C11H11N5S/c1-11(2,9-13-5-6-17-9)16-10-14-4-3-8(7-12)15-10/h3-6H,1-2H3,(H,14,15,16). The average molecular weight is 245 g/mol. The first kappa shape index (κ1) is 11.5. The average Bonchev–Trinajstić information content (AvgIpc) is 2.83. The molecular formula is C11H11N5S. The van der Waals surface area contributed by atoms with Gasteiger partial charge in [0.2, 0.25) is 5.95 Å². The van der Waals surface area contributed by atoms with Crippen LogP contribution in [0.15, 0.2) is 23.8 Å². The van der Waals surface area contributed by atoms with E-state index in [0.29, 0.717) is 11.6 Å². The Labute approximate surface area is 103 Å². The summed E-state index contributed by atoms with van der Waals surface area (Å²) in [5, 5.41) is 14.8. The highest BCUT2D eigenvalue weighted by Gasteiger charge is 2.24. The lowest BCUT2D eigenvalue weighted by molar-refractivity contribution is 0.596. The second-order valence-corrected chi connectivity index (χ2v) is 4.86. The van der Waals surface area contributed by atoms with E-state index in [2.05, 4.69) is 20.3 Å². The summed E-state index contributed by atoms with van der Waals surface area (Å²) in [6, 6.07) is 3.55. The molecule has 0 aliphatic rings. The highest BCUT2D eigenvalue weighted by atomic mass is 32.1. The van der Waals surface area contributed by atoms with E-state index < -0.39 is 0 Å². The maximum Gasteiger partial charge on any atom is 0.224 e. The number of anilines is 1. The van der Waals surface area contributed by atoms with Crippen LogP contribution in [0.2, 0.25) is 0 Å². The molecule has 5 nitrogen and oxygen atoms in total. The number of hydrogen-bond donors (Lipinski definition) is 1. The molecule has 1 N–H and O–H groups in total. The molecule has 0 radical (unpaired) electrons. The molecule has 0 atom stereocenters. The molecule has 2 rings (SSSR count). The van der Waals surface area contributed by atoms with E-state index in [1.165, 1.54) is 0 Å². The number of hydrogen-bond acceptors (Lipinski definition) is 6. The molecule has 0 spiro atoms. The molecule has 0 amide bonds. The summed E-state index contributed by atoms with van der Waals surface area (Å²) >= 11 is 1.56. The molecule has 2 aromatic heterocycles. The molecular weight excluding hydrogens is 234 g/mol. The van der Waals surface area contributed by atoms with Crippen LogP contribution in [0.25, 0.3) is 0 Å². The zero-order valence-electron chi connectivity index (χ0n) is 9.51. The number of rotatable bonds is 3. The lowest BCUT2D eigenvalue weighted by atomic mass is 10.1. The molecule has 0 saturated carbocycles. The summed E-state index contributed by atoms with van der Waals surface area (Å²) in [6.45, 7) is 3.99. The first-order chi connectivity index (χ1) is 8.12. The van der Waals surface area contributed by atoms with Crippen molar-refractivity contribution in [3.05, 3.63) is 34.5 Å². The summed E-state index contributed by atoms with van der Waals surface area (Å²) in [7, 11) is 0. The third-order valence-corrected chi connectivity index (χ3v) is 3.26. The van der Waals surface area contributed by atoms with Crippen LogP contribution in [0.3, 0.4) is 0 Å². The quantitative estimate of drug-likeness (QED) is 0.896. The maximum absolute atomic E-state index is 8.77. The summed E-state index contributed by atoms with van der Waals surface area (Å²) < 4.78 is 0. The Balaban J connectivity index is 2.23. The minimum Gasteiger partial charge on any atom is -0.343 e. The summed E-state index contributed by atoms with van der Waals surface area (Å²) in [5.41, 5.74) is -0.0140. The van der Waals surface area contributed by atoms with Crippen LogP contribution in [0.4, 0.5) is 5.95 Å². The van der Waals surface area contributed by atoms with E-state index in [0.717, 1.165) is 5.01 Å². The second-order valence-electron chi connectivity index (χ2n) is 3.96. The van der Waals surface area contributed by atoms with Crippen LogP contribution >= 0.6 is 11.3 Å². The lowest BCUT2D eigenvalue weighted by Crippen LogP contribution is -2.28. The van der Waals surface area contributed by atoms with Crippen LogP contribution < -0.4 is 5.32 Å². The Bertz CT molecular complexity index is 541. The first-order valence-electron chi connectivity index (χ1n) is 5.03. The molecule has 0 fully saturated rings. The fourth-order valence-corrected chi connectivity index (χ4v) is 2.06. The number of nitrogens with one attached hydrogen (secondary N) is 1. The number of thiazole rings is 1. The van der Waals surface area contributed by atoms with E-state index in [9.17, 15) is 0 Å². The molecule has 0 bridgehead atoms. The smallest absolute Gasteiger partial charge is 0.224 e. The fraction of sp³-hybridized carbons (Fsp3) is 0.273. The van der Waals surface area contributed by atoms with Crippen molar-refractivity contribution in [3.63, 3.8) is 0 Å². The molecule has 2 heterocycles. The van der Waals surface area contributed by atoms with Crippen molar-refractivity contribution in [2.45, 2.75) is 19.4 Å². The highest BCUT2D eigenvalue weighted by molar-refractivity contribution is 7.09. The lowest BCUT2D eigenvalue weighted by Gasteiger charge is -2.23. The zero-order chi connectivity index (χ0) is 12.3. The molecule has 86 valence electrons. The zero-order valence-corrected chi connectivity index (χ0v) is 10.3. The van der Waals surface area contributed by atoms with Gasteiger partial charge in [-0.2, -0.15) is 5.26 Å². The summed E-state index contributed by atoms with van der Waals surface area (Å²) in [4.78, 5) is 12.4. The largest absolute Gasteiger partial charge is 0.343 e. The molecule has 0 aliphatic carbocycles. The molecule has 17 heavy (non-hydrogen) atoms. The number of nitrogens with zero attached hydrogens (tertiary/aromatic N) is 4. The van der Waals surface area contributed by atoms with E-state index in [1.807, 2.05) is 25.3 Å². The Morgan fingerprint density at radius 1 is 1.35 bits per heavy atom. The van der Waals surface area contributed by atoms with Gasteiger partial charge in [0.1, 0.15) is 16.8 Å². The van der Waals surface area contributed by atoms with E-state index >= 15 is 0 Å². The summed E-state index contributed by atoms with van der Waals surface area (Å²) in [6.07, 6.45) is 3.32. The third kappa shape index (κ3) is 2.57. The topological polar surface area (TPSA) is 74.5 Å². The van der Waals surface area contributed by atoms with Crippen molar-refractivity contribution in [2.75, 3.05) is 5.32 Å². The molecule has 0 saturated heterocycles. The van der Waals surface area contributed by atoms with Crippen LogP contribution in [0.5, 0.6) is 0 Å². The second kappa shape index (κ2) is 4.47. The summed E-state index contributed by atoms with van der Waals surface area (Å²) in [5.74, 6) is 0.434. The molecule has 0 aliphatic heterocycles. The predicted molar refractivity (Wildman–Crippen MR) is 65.5 cm³/mol. The van der Waals surface area contributed by atoms with Crippen molar-refractivity contribution < 1.29 is 0 Å². The normalized spacial score (nSPS) is 10.9. The van der Waals surface area contributed by atoms with Crippen molar-refractivity contribution in [3.8, 4) is 6.07 Å². The van der Waals surface area contributed by atoms with Crippen molar-refractivity contribution >= 4 is 17.3 Å². The molecule has 2 aromatic rings. The van der Waals surface area contributed by atoms with Gasteiger partial charge >= 0.3 is 0 Å². The van der Waals surface area contributed by atoms with Gasteiger partial charge in [-0.1, -0.05) is 0 Å². The first-order valence-corrected chi connectivity index (χ1v) is 5.91. The van der Waals surface area contributed by atoms with Gasteiger partial charge in [-0.15, -0.1) is 11.3 Å². The van der Waals surface area contributed by atoms with Gasteiger partial charge in [-0.05, 0) is 19.9 Å². The highest BCUT2D eigenvalue weighted by Crippen LogP contribution is 2.25. The van der Waals surface area contributed by atoms with Crippen LogP contribution in [-0.4, -0.2) is 15.0 Å². The van der Waals surface area contributed by atoms with Crippen molar-refractivity contribution in [2.24, 2.45) is 0 Å². The van der Waals surface area contributed by atoms with Crippen LogP contribution in [-0.2, 0) is 5.54 Å². The SMILES string of the molecule is CC(C)(Nc1nccc(C#N)n1)c1nccs1. The van der Waals surface area contributed by atoms with Gasteiger partial charge < -0.3 is 5.32 Å². The monoisotopic (exact) mass is 245 g/mol. The van der Waals surface area contributed by atoms with E-state index in [4.69, 9.17) is 5.26 Å². The van der Waals surface area contributed by atoms with Crippen molar-refractivity contribution in [1.29, 1.82) is 5.26 Å². The van der Waals surface area contributed by atoms with Gasteiger partial charge in [0, 0.05) is 17.8 Å². The van der Waals surface area contributed by atoms with Gasteiger partial charge in [0.25, 0.3) is 0 Å². The minimum absolute atomic E-state index is 0.345. The van der Waals surface area contributed by atoms with Gasteiger partial charge in [0.15, 0.2) is 0 Å². The molecule has 0 unspecified atom stereocenters. The van der Waals surface area contributed by atoms with Gasteiger partial charge in [-0.3, -0.25) is 0 Å². The fourth-order valence-electron chi connectivity index (χ4n) is 1.35. The Morgan fingerprint density at radius 2 is 2.18 bits per heavy atom. The number of aromatic nitrogens is 3.